The van der Waals surface area contributed by atoms with Crippen molar-refractivity contribution in [3.63, 3.8) is 0 Å². The van der Waals surface area contributed by atoms with Crippen LogP contribution in [0.1, 0.15) is 31.2 Å². The number of unbranched alkanes of at least 4 members (excludes halogenated alkanes) is 3. The highest BCUT2D eigenvalue weighted by molar-refractivity contribution is 5.97. The molecule has 23 heavy (non-hydrogen) atoms. The van der Waals surface area contributed by atoms with Crippen LogP contribution in [0.25, 0.3) is 16.8 Å². The van der Waals surface area contributed by atoms with Gasteiger partial charge in [-0.25, -0.2) is 4.79 Å². The van der Waals surface area contributed by atoms with Crippen molar-refractivity contribution in [2.45, 2.75) is 25.7 Å². The van der Waals surface area contributed by atoms with Gasteiger partial charge >= 0.3 is 5.97 Å². The molecule has 0 fully saturated rings. The van der Waals surface area contributed by atoms with Crippen molar-refractivity contribution in [3.8, 4) is 5.75 Å². The first-order valence-corrected chi connectivity index (χ1v) is 7.89. The Labute approximate surface area is 136 Å². The number of ether oxygens (including phenoxy) is 1. The first kappa shape index (κ1) is 17.0. The first-order chi connectivity index (χ1) is 11.2. The average Bonchev–Trinajstić information content (AvgIpc) is 2.56. The molecule has 0 aromatic heterocycles. The van der Waals surface area contributed by atoms with Crippen molar-refractivity contribution in [2.75, 3.05) is 13.2 Å². The molecule has 0 aliphatic rings. The van der Waals surface area contributed by atoms with Gasteiger partial charge in [-0.1, -0.05) is 36.8 Å². The van der Waals surface area contributed by atoms with Crippen LogP contribution in [0.3, 0.4) is 0 Å². The van der Waals surface area contributed by atoms with Crippen LogP contribution in [0.5, 0.6) is 5.75 Å². The third kappa shape index (κ3) is 5.11. The number of hydrogen-bond acceptors (Lipinski definition) is 3. The zero-order chi connectivity index (χ0) is 16.5. The summed E-state index contributed by atoms with van der Waals surface area (Å²) in [7, 11) is 0. The fourth-order valence-corrected chi connectivity index (χ4v) is 2.48. The van der Waals surface area contributed by atoms with Crippen molar-refractivity contribution in [3.05, 3.63) is 48.0 Å². The Balaban J connectivity index is 2.10. The van der Waals surface area contributed by atoms with Crippen molar-refractivity contribution in [1.29, 1.82) is 0 Å². The second-order valence-corrected chi connectivity index (χ2v) is 5.36. The monoisotopic (exact) mass is 314 g/mol. The van der Waals surface area contributed by atoms with Gasteiger partial charge < -0.3 is 14.9 Å². The minimum Gasteiger partial charge on any atom is -0.493 e. The van der Waals surface area contributed by atoms with Gasteiger partial charge in [0.15, 0.2) is 0 Å². The summed E-state index contributed by atoms with van der Waals surface area (Å²) in [6.07, 6.45) is 6.59. The van der Waals surface area contributed by atoms with Crippen LogP contribution in [-0.2, 0) is 4.79 Å². The lowest BCUT2D eigenvalue weighted by molar-refractivity contribution is -0.131. The maximum atomic E-state index is 10.7. The summed E-state index contributed by atoms with van der Waals surface area (Å²) < 4.78 is 5.88. The molecule has 0 saturated carbocycles. The van der Waals surface area contributed by atoms with Crippen LogP contribution >= 0.6 is 0 Å². The van der Waals surface area contributed by atoms with E-state index in [2.05, 4.69) is 0 Å². The molecule has 4 heteroatoms. The number of aliphatic hydroxyl groups excluding tert-OH is 1. The fourth-order valence-electron chi connectivity index (χ4n) is 2.48. The van der Waals surface area contributed by atoms with Gasteiger partial charge in [0.1, 0.15) is 5.75 Å². The molecular formula is C19H22O4. The molecule has 2 rings (SSSR count). The maximum Gasteiger partial charge on any atom is 0.328 e. The lowest BCUT2D eigenvalue weighted by atomic mass is 10.0. The van der Waals surface area contributed by atoms with E-state index in [1.54, 1.807) is 6.08 Å². The fraction of sp³-hybridized carbons (Fsp3) is 0.316. The Hall–Kier alpha value is -2.33. The number of carbonyl (C=O) groups is 1. The summed E-state index contributed by atoms with van der Waals surface area (Å²) in [5.74, 6) is -0.146. The van der Waals surface area contributed by atoms with Crippen molar-refractivity contribution >= 4 is 22.8 Å². The number of aliphatic hydroxyl groups is 1. The Morgan fingerprint density at radius 1 is 1.00 bits per heavy atom. The molecule has 0 aliphatic carbocycles. The molecule has 0 atom stereocenters. The van der Waals surface area contributed by atoms with Gasteiger partial charge in [0, 0.05) is 18.1 Å². The molecule has 0 unspecified atom stereocenters. The molecule has 0 aliphatic heterocycles. The predicted molar refractivity (Wildman–Crippen MR) is 91.7 cm³/mol. The van der Waals surface area contributed by atoms with Gasteiger partial charge in [-0.3, -0.25) is 0 Å². The molecule has 0 saturated heterocycles. The number of hydrogen-bond donors (Lipinski definition) is 2. The van der Waals surface area contributed by atoms with E-state index in [4.69, 9.17) is 14.9 Å². The molecular weight excluding hydrogens is 292 g/mol. The lowest BCUT2D eigenvalue weighted by Gasteiger charge is -2.11. The number of rotatable bonds is 9. The van der Waals surface area contributed by atoms with Crippen LogP contribution in [0.4, 0.5) is 0 Å². The van der Waals surface area contributed by atoms with Crippen molar-refractivity contribution in [1.82, 2.24) is 0 Å². The summed E-state index contributed by atoms with van der Waals surface area (Å²) in [6, 6.07) is 11.6. The minimum atomic E-state index is -0.961. The summed E-state index contributed by atoms with van der Waals surface area (Å²) in [6.45, 7) is 0.885. The summed E-state index contributed by atoms with van der Waals surface area (Å²) in [4.78, 5) is 10.7. The highest BCUT2D eigenvalue weighted by Crippen LogP contribution is 2.29. The van der Waals surface area contributed by atoms with Crippen LogP contribution < -0.4 is 4.74 Å². The van der Waals surface area contributed by atoms with Gasteiger partial charge in [0.05, 0.1) is 6.61 Å². The second-order valence-electron chi connectivity index (χ2n) is 5.36. The van der Waals surface area contributed by atoms with Crippen LogP contribution in [0.2, 0.25) is 0 Å². The third-order valence-corrected chi connectivity index (χ3v) is 3.63. The Morgan fingerprint density at radius 3 is 2.48 bits per heavy atom. The number of aliphatic carboxylic acids is 1. The van der Waals surface area contributed by atoms with E-state index in [-0.39, 0.29) is 6.61 Å². The standard InChI is InChI=1S/C19H22O4/c20-13-5-1-2-6-14-23-18-11-9-15(10-12-19(21)22)16-7-3-4-8-17(16)18/h3-4,7-12,20H,1-2,5-6,13-14H2,(H,21,22)/b12-10+. The van der Waals surface area contributed by atoms with E-state index in [0.29, 0.717) is 6.61 Å². The van der Waals surface area contributed by atoms with Gasteiger partial charge in [-0.15, -0.1) is 0 Å². The minimum absolute atomic E-state index is 0.247. The quantitative estimate of drug-likeness (QED) is 0.544. The Bertz CT molecular complexity index is 676. The van der Waals surface area contributed by atoms with E-state index in [1.165, 1.54) is 0 Å². The molecule has 0 amide bonds. The first-order valence-electron chi connectivity index (χ1n) is 7.89. The van der Waals surface area contributed by atoms with Crippen LogP contribution in [0, 0.1) is 0 Å². The Morgan fingerprint density at radius 2 is 1.74 bits per heavy atom. The molecule has 122 valence electrons. The molecule has 2 aromatic carbocycles. The predicted octanol–water partition coefficient (Wildman–Crippen LogP) is 3.87. The largest absolute Gasteiger partial charge is 0.493 e. The zero-order valence-corrected chi connectivity index (χ0v) is 13.1. The molecule has 2 N–H and O–H groups in total. The van der Waals surface area contributed by atoms with Crippen LogP contribution in [-0.4, -0.2) is 29.4 Å². The molecule has 4 nitrogen and oxygen atoms in total. The highest BCUT2D eigenvalue weighted by Gasteiger charge is 2.05. The SMILES string of the molecule is O=C(O)/C=C/c1ccc(OCCCCCCO)c2ccccc12. The average molecular weight is 314 g/mol. The van der Waals surface area contributed by atoms with Gasteiger partial charge in [-0.2, -0.15) is 0 Å². The summed E-state index contributed by atoms with van der Waals surface area (Å²) in [5.41, 5.74) is 0.860. The van der Waals surface area contributed by atoms with E-state index < -0.39 is 5.97 Å². The number of benzene rings is 2. The van der Waals surface area contributed by atoms with Gasteiger partial charge in [0.25, 0.3) is 0 Å². The number of carboxylic acid groups (broad SMARTS) is 1. The third-order valence-electron chi connectivity index (χ3n) is 3.63. The number of carboxylic acids is 1. The molecule has 0 bridgehead atoms. The topological polar surface area (TPSA) is 66.8 Å². The maximum absolute atomic E-state index is 10.7. The summed E-state index contributed by atoms with van der Waals surface area (Å²) >= 11 is 0. The van der Waals surface area contributed by atoms with Crippen molar-refractivity contribution < 1.29 is 19.7 Å². The second kappa shape index (κ2) is 8.96. The highest BCUT2D eigenvalue weighted by atomic mass is 16.5. The molecule has 0 radical (unpaired) electrons. The van der Waals surface area contributed by atoms with E-state index in [0.717, 1.165) is 53.8 Å². The van der Waals surface area contributed by atoms with Crippen molar-refractivity contribution in [2.24, 2.45) is 0 Å². The molecule has 2 aromatic rings. The Kier molecular flexibility index (Phi) is 6.63. The molecule has 0 heterocycles. The molecule has 0 spiro atoms. The normalized spacial score (nSPS) is 11.2. The van der Waals surface area contributed by atoms with E-state index in [1.807, 2.05) is 36.4 Å². The van der Waals surface area contributed by atoms with Gasteiger partial charge in [0.2, 0.25) is 0 Å². The zero-order valence-electron chi connectivity index (χ0n) is 13.1. The number of fused-ring (bicyclic) bond motifs is 1. The van der Waals surface area contributed by atoms with E-state index >= 15 is 0 Å². The smallest absolute Gasteiger partial charge is 0.328 e. The lowest BCUT2D eigenvalue weighted by Crippen LogP contribution is -1.98. The van der Waals surface area contributed by atoms with Crippen LogP contribution in [0.15, 0.2) is 42.5 Å². The summed E-state index contributed by atoms with van der Waals surface area (Å²) in [5, 5.41) is 19.5. The van der Waals surface area contributed by atoms with Gasteiger partial charge in [-0.05, 0) is 42.4 Å². The van der Waals surface area contributed by atoms with E-state index in [9.17, 15) is 4.79 Å².